The molecule has 1 N–H and O–H groups in total. The molecule has 6 heteroatoms. The van der Waals surface area contributed by atoms with Crippen molar-refractivity contribution in [2.45, 2.75) is 57.3 Å². The normalized spacial score (nSPS) is 41.5. The summed E-state index contributed by atoms with van der Waals surface area (Å²) in [5.74, 6) is -1.68. The van der Waals surface area contributed by atoms with Crippen LogP contribution in [0, 0.1) is 56.2 Å². The van der Waals surface area contributed by atoms with Crippen LogP contribution in [0.15, 0.2) is 0 Å². The maximum absolute atomic E-state index is 9.93. The molecule has 3 fully saturated rings. The standard InChI is InChI=1S/C16H18N4O2/c1-2-5-12-14(8-17,9-18)15(10-19)11-6-3-4-7-16(11,21-12)22-13(15)20/h11-12,20H,2-7H2,1H3/t11-,12+,15+,16+/m1/s1. The molecular formula is C16H18N4O2. The van der Waals surface area contributed by atoms with Crippen LogP contribution in [0.5, 0.6) is 0 Å². The molecule has 1 aliphatic carbocycles. The third-order valence-corrected chi connectivity index (χ3v) is 5.48. The maximum Gasteiger partial charge on any atom is 0.217 e. The first kappa shape index (κ1) is 14.8. The van der Waals surface area contributed by atoms with Crippen LogP contribution in [0.3, 0.4) is 0 Å². The Morgan fingerprint density at radius 2 is 1.95 bits per heavy atom. The van der Waals surface area contributed by atoms with Crippen molar-refractivity contribution in [3.63, 3.8) is 0 Å². The van der Waals surface area contributed by atoms with Crippen LogP contribution < -0.4 is 0 Å². The summed E-state index contributed by atoms with van der Waals surface area (Å²) in [6.07, 6.45) is 3.55. The van der Waals surface area contributed by atoms with Gasteiger partial charge in [-0.25, -0.2) is 0 Å². The molecule has 2 aliphatic heterocycles. The van der Waals surface area contributed by atoms with Gasteiger partial charge < -0.3 is 9.47 Å². The van der Waals surface area contributed by atoms with Crippen molar-refractivity contribution in [2.75, 3.05) is 0 Å². The maximum atomic E-state index is 9.93. The fourth-order valence-electron chi connectivity index (χ4n) is 4.50. The first-order valence-electron chi connectivity index (χ1n) is 7.76. The number of rotatable bonds is 2. The Kier molecular flexibility index (Phi) is 3.17. The van der Waals surface area contributed by atoms with Gasteiger partial charge in [-0.05, 0) is 19.3 Å². The molecule has 6 nitrogen and oxygen atoms in total. The summed E-state index contributed by atoms with van der Waals surface area (Å²) >= 11 is 0. The van der Waals surface area contributed by atoms with E-state index in [1.165, 1.54) is 0 Å². The first-order chi connectivity index (χ1) is 10.6. The third kappa shape index (κ3) is 1.38. The van der Waals surface area contributed by atoms with Gasteiger partial charge in [0, 0.05) is 6.42 Å². The van der Waals surface area contributed by atoms with E-state index in [1.54, 1.807) is 0 Å². The molecular weight excluding hydrogens is 280 g/mol. The average Bonchev–Trinajstić information content (AvgIpc) is 2.74. The molecule has 0 radical (unpaired) electrons. The number of ether oxygens (including phenoxy) is 2. The summed E-state index contributed by atoms with van der Waals surface area (Å²) < 4.78 is 11.9. The minimum atomic E-state index is -1.68. The minimum absolute atomic E-state index is 0.261. The highest BCUT2D eigenvalue weighted by atomic mass is 16.7. The molecule has 22 heavy (non-hydrogen) atoms. The number of hydrogen-bond acceptors (Lipinski definition) is 6. The van der Waals surface area contributed by atoms with Crippen LogP contribution in [0.1, 0.15) is 45.4 Å². The van der Waals surface area contributed by atoms with Gasteiger partial charge in [0.25, 0.3) is 0 Å². The highest BCUT2D eigenvalue weighted by Crippen LogP contribution is 2.66. The van der Waals surface area contributed by atoms with Crippen molar-refractivity contribution < 1.29 is 9.47 Å². The van der Waals surface area contributed by atoms with Crippen molar-refractivity contribution in [1.82, 2.24) is 0 Å². The highest BCUT2D eigenvalue weighted by molar-refractivity contribution is 5.89. The van der Waals surface area contributed by atoms with Gasteiger partial charge in [-0.2, -0.15) is 15.8 Å². The predicted octanol–water partition coefficient (Wildman–Crippen LogP) is 2.62. The Morgan fingerprint density at radius 1 is 1.23 bits per heavy atom. The molecule has 114 valence electrons. The number of nitrogens with zero attached hydrogens (tertiary/aromatic N) is 3. The predicted molar refractivity (Wildman–Crippen MR) is 75.0 cm³/mol. The molecule has 2 heterocycles. The van der Waals surface area contributed by atoms with Gasteiger partial charge >= 0.3 is 0 Å². The van der Waals surface area contributed by atoms with Gasteiger partial charge in [-0.3, -0.25) is 5.41 Å². The molecule has 0 aromatic heterocycles. The molecule has 0 spiro atoms. The Morgan fingerprint density at radius 3 is 2.55 bits per heavy atom. The minimum Gasteiger partial charge on any atom is -0.447 e. The zero-order valence-corrected chi connectivity index (χ0v) is 12.6. The topological polar surface area (TPSA) is 114 Å². The quantitative estimate of drug-likeness (QED) is 0.841. The Balaban J connectivity index is 2.26. The summed E-state index contributed by atoms with van der Waals surface area (Å²) in [4.78, 5) is 0. The monoisotopic (exact) mass is 298 g/mol. The SMILES string of the molecule is CCC[C@@H]1O[C@]23CCCC[C@@H]2[C@@](C#N)(C(=N)O3)C1(C#N)C#N. The van der Waals surface area contributed by atoms with Gasteiger partial charge in [-0.1, -0.05) is 19.8 Å². The molecule has 0 unspecified atom stereocenters. The highest BCUT2D eigenvalue weighted by Gasteiger charge is 2.79. The van der Waals surface area contributed by atoms with Gasteiger partial charge in [0.1, 0.15) is 0 Å². The average molecular weight is 298 g/mol. The van der Waals surface area contributed by atoms with Crippen LogP contribution in [-0.4, -0.2) is 17.8 Å². The lowest BCUT2D eigenvalue weighted by Crippen LogP contribution is -2.63. The van der Waals surface area contributed by atoms with Crippen LogP contribution in [0.2, 0.25) is 0 Å². The molecule has 0 aromatic rings. The van der Waals surface area contributed by atoms with Crippen LogP contribution in [-0.2, 0) is 9.47 Å². The smallest absolute Gasteiger partial charge is 0.217 e. The Bertz CT molecular complexity index is 626. The van der Waals surface area contributed by atoms with Gasteiger partial charge in [0.15, 0.2) is 10.8 Å². The van der Waals surface area contributed by atoms with Crippen molar-refractivity contribution >= 4 is 5.90 Å². The van der Waals surface area contributed by atoms with E-state index < -0.39 is 28.6 Å². The van der Waals surface area contributed by atoms with Gasteiger partial charge in [-0.15, -0.1) is 0 Å². The molecule has 3 aliphatic rings. The van der Waals surface area contributed by atoms with E-state index in [0.717, 1.165) is 19.3 Å². The summed E-state index contributed by atoms with van der Waals surface area (Å²) in [7, 11) is 0. The zero-order chi connectivity index (χ0) is 16.0. The van der Waals surface area contributed by atoms with E-state index in [2.05, 4.69) is 18.2 Å². The second-order valence-electron chi connectivity index (χ2n) is 6.39. The van der Waals surface area contributed by atoms with Crippen molar-refractivity contribution in [2.24, 2.45) is 16.7 Å². The first-order valence-corrected chi connectivity index (χ1v) is 7.76. The van der Waals surface area contributed by atoms with Crippen molar-refractivity contribution in [3.05, 3.63) is 0 Å². The molecule has 0 aromatic carbocycles. The number of hydrogen-bond donors (Lipinski definition) is 1. The van der Waals surface area contributed by atoms with E-state index in [-0.39, 0.29) is 5.90 Å². The van der Waals surface area contributed by atoms with Gasteiger partial charge in [0.2, 0.25) is 11.7 Å². The lowest BCUT2D eigenvalue weighted by Gasteiger charge is -2.51. The van der Waals surface area contributed by atoms with Crippen LogP contribution >= 0.6 is 0 Å². The second-order valence-corrected chi connectivity index (χ2v) is 6.39. The van der Waals surface area contributed by atoms with E-state index in [4.69, 9.17) is 14.9 Å². The largest absolute Gasteiger partial charge is 0.447 e. The molecule has 2 saturated heterocycles. The fraction of sp³-hybridized carbons (Fsp3) is 0.750. The molecule has 1 saturated carbocycles. The second kappa shape index (κ2) is 4.70. The lowest BCUT2D eigenvalue weighted by molar-refractivity contribution is -0.292. The lowest BCUT2D eigenvalue weighted by atomic mass is 9.52. The number of nitriles is 3. The summed E-state index contributed by atoms with van der Waals surface area (Å²) in [6.45, 7) is 1.95. The summed E-state index contributed by atoms with van der Waals surface area (Å²) in [6, 6.07) is 6.26. The Labute approximate surface area is 129 Å². The van der Waals surface area contributed by atoms with Gasteiger partial charge in [0.05, 0.1) is 30.2 Å². The number of nitrogens with one attached hydrogen (secondary N) is 1. The zero-order valence-electron chi connectivity index (χ0n) is 12.6. The molecule has 4 atom stereocenters. The fourth-order valence-corrected chi connectivity index (χ4v) is 4.50. The van der Waals surface area contributed by atoms with E-state index >= 15 is 0 Å². The van der Waals surface area contributed by atoms with E-state index in [0.29, 0.717) is 19.3 Å². The van der Waals surface area contributed by atoms with Crippen molar-refractivity contribution in [1.29, 1.82) is 21.2 Å². The summed E-state index contributed by atoms with van der Waals surface area (Å²) in [5.41, 5.74) is -3.20. The molecule has 2 bridgehead atoms. The van der Waals surface area contributed by atoms with E-state index in [1.807, 2.05) is 6.92 Å². The molecule has 0 amide bonds. The van der Waals surface area contributed by atoms with Crippen LogP contribution in [0.25, 0.3) is 0 Å². The van der Waals surface area contributed by atoms with Crippen LogP contribution in [0.4, 0.5) is 0 Å². The summed E-state index contributed by atoms with van der Waals surface area (Å²) in [5, 5.41) is 37.8. The third-order valence-electron chi connectivity index (χ3n) is 5.48. The molecule has 3 rings (SSSR count). The van der Waals surface area contributed by atoms with E-state index in [9.17, 15) is 15.8 Å². The van der Waals surface area contributed by atoms with Crippen molar-refractivity contribution in [3.8, 4) is 18.2 Å². The Hall–Kier alpha value is -2.10.